The zero-order valence-corrected chi connectivity index (χ0v) is 15.1. The Kier molecular flexibility index (Phi) is 6.51. The first kappa shape index (κ1) is 19.3. The third-order valence-corrected chi connectivity index (χ3v) is 4.57. The maximum Gasteiger partial charge on any atom is 0.256 e. The topological polar surface area (TPSA) is 40.6 Å². The van der Waals surface area contributed by atoms with Gasteiger partial charge in [0.2, 0.25) is 5.91 Å². The molecule has 1 aliphatic heterocycles. The van der Waals surface area contributed by atoms with Crippen molar-refractivity contribution in [2.75, 3.05) is 26.2 Å². The van der Waals surface area contributed by atoms with E-state index in [1.807, 2.05) is 11.8 Å². The van der Waals surface area contributed by atoms with Crippen LogP contribution in [0.3, 0.4) is 0 Å². The maximum absolute atomic E-state index is 13.8. The fraction of sp³-hybridized carbons (Fsp3) is 0.579. The molecule has 1 aliphatic rings. The number of likely N-dealkylation sites (tertiary alicyclic amines) is 1. The fourth-order valence-corrected chi connectivity index (χ4v) is 3.24. The molecule has 0 spiro atoms. The van der Waals surface area contributed by atoms with Gasteiger partial charge < -0.3 is 9.80 Å². The first-order chi connectivity index (χ1) is 11.8. The molecular weight excluding hydrogens is 326 g/mol. The van der Waals surface area contributed by atoms with Crippen LogP contribution in [-0.2, 0) is 4.79 Å². The van der Waals surface area contributed by atoms with Crippen molar-refractivity contribution in [1.82, 2.24) is 9.80 Å². The second-order valence-corrected chi connectivity index (χ2v) is 6.96. The zero-order chi connectivity index (χ0) is 18.6. The number of nitrogens with zero attached hydrogens (tertiary/aromatic N) is 2. The quantitative estimate of drug-likeness (QED) is 0.816. The van der Waals surface area contributed by atoms with Crippen molar-refractivity contribution >= 4 is 11.8 Å². The Labute approximate surface area is 147 Å². The van der Waals surface area contributed by atoms with Crippen LogP contribution in [0.15, 0.2) is 18.2 Å². The largest absolute Gasteiger partial charge is 0.342 e. The normalized spacial score (nSPS) is 15.5. The summed E-state index contributed by atoms with van der Waals surface area (Å²) in [4.78, 5) is 28.4. The number of amides is 2. The molecular formula is C19H26F2N2O2. The molecule has 138 valence electrons. The van der Waals surface area contributed by atoms with E-state index in [4.69, 9.17) is 0 Å². The average Bonchev–Trinajstić information content (AvgIpc) is 2.58. The van der Waals surface area contributed by atoms with E-state index < -0.39 is 17.5 Å². The van der Waals surface area contributed by atoms with Gasteiger partial charge in [-0.2, -0.15) is 0 Å². The molecule has 1 fully saturated rings. The number of benzene rings is 1. The third-order valence-electron chi connectivity index (χ3n) is 4.57. The lowest BCUT2D eigenvalue weighted by Gasteiger charge is -2.34. The van der Waals surface area contributed by atoms with Gasteiger partial charge in [0.05, 0.1) is 5.56 Å². The van der Waals surface area contributed by atoms with Crippen molar-refractivity contribution in [3.8, 4) is 0 Å². The van der Waals surface area contributed by atoms with Crippen molar-refractivity contribution in [1.29, 1.82) is 0 Å². The Morgan fingerprint density at radius 2 is 1.88 bits per heavy atom. The molecule has 1 heterocycles. The second kappa shape index (κ2) is 8.41. The molecule has 6 heteroatoms. The highest BCUT2D eigenvalue weighted by Gasteiger charge is 2.31. The average molecular weight is 352 g/mol. The maximum atomic E-state index is 13.8. The van der Waals surface area contributed by atoms with Crippen LogP contribution in [-0.4, -0.2) is 47.8 Å². The third kappa shape index (κ3) is 4.77. The summed E-state index contributed by atoms with van der Waals surface area (Å²) in [7, 11) is 0. The van der Waals surface area contributed by atoms with E-state index in [2.05, 4.69) is 13.8 Å². The van der Waals surface area contributed by atoms with Crippen LogP contribution in [0.5, 0.6) is 0 Å². The van der Waals surface area contributed by atoms with Gasteiger partial charge in [-0.3, -0.25) is 9.59 Å². The molecule has 2 rings (SSSR count). The van der Waals surface area contributed by atoms with Gasteiger partial charge >= 0.3 is 0 Å². The highest BCUT2D eigenvalue weighted by molar-refractivity contribution is 5.94. The molecule has 0 N–H and O–H groups in total. The highest BCUT2D eigenvalue weighted by atomic mass is 19.1. The van der Waals surface area contributed by atoms with Crippen LogP contribution in [0.2, 0.25) is 0 Å². The van der Waals surface area contributed by atoms with Crippen molar-refractivity contribution in [2.45, 2.75) is 33.6 Å². The Morgan fingerprint density at radius 1 is 1.24 bits per heavy atom. The predicted octanol–water partition coefficient (Wildman–Crippen LogP) is 3.32. The van der Waals surface area contributed by atoms with Crippen LogP contribution < -0.4 is 0 Å². The summed E-state index contributed by atoms with van der Waals surface area (Å²) in [5, 5.41) is 0. The lowest BCUT2D eigenvalue weighted by atomic mass is 9.94. The first-order valence-corrected chi connectivity index (χ1v) is 8.86. The molecule has 2 amide bonds. The summed E-state index contributed by atoms with van der Waals surface area (Å²) in [5.41, 5.74) is -0.124. The number of carbonyl (C=O) groups is 2. The first-order valence-electron chi connectivity index (χ1n) is 8.86. The minimum atomic E-state index is -0.850. The van der Waals surface area contributed by atoms with Crippen molar-refractivity contribution in [2.24, 2.45) is 11.8 Å². The highest BCUT2D eigenvalue weighted by Crippen LogP contribution is 2.22. The predicted molar refractivity (Wildman–Crippen MR) is 92.1 cm³/mol. The molecule has 0 radical (unpaired) electrons. The fourth-order valence-electron chi connectivity index (χ4n) is 3.24. The van der Waals surface area contributed by atoms with Crippen LogP contribution in [0.1, 0.15) is 44.0 Å². The summed E-state index contributed by atoms with van der Waals surface area (Å²) in [6.45, 7) is 8.35. The van der Waals surface area contributed by atoms with E-state index in [0.29, 0.717) is 44.5 Å². The van der Waals surface area contributed by atoms with Gasteiger partial charge in [0.1, 0.15) is 11.6 Å². The molecule has 4 nitrogen and oxygen atoms in total. The number of carbonyl (C=O) groups excluding carboxylic acids is 2. The molecule has 0 bridgehead atoms. The molecule has 0 aromatic heterocycles. The summed E-state index contributed by atoms with van der Waals surface area (Å²) in [5.74, 6) is -1.55. The van der Waals surface area contributed by atoms with Crippen LogP contribution in [0.25, 0.3) is 0 Å². The molecule has 0 saturated carbocycles. The Morgan fingerprint density at radius 3 is 2.40 bits per heavy atom. The smallest absolute Gasteiger partial charge is 0.256 e. The van der Waals surface area contributed by atoms with E-state index in [9.17, 15) is 18.4 Å². The van der Waals surface area contributed by atoms with Gasteiger partial charge in [0.15, 0.2) is 0 Å². The standard InChI is InChI=1S/C19H26F2N2O2/c1-4-22(12-13(2)3)18(24)14-7-9-23(10-8-14)19(25)16-6-5-15(20)11-17(16)21/h5-6,11,13-14H,4,7-10,12H2,1-3H3. The zero-order valence-electron chi connectivity index (χ0n) is 15.1. The van der Waals surface area contributed by atoms with Gasteiger partial charge in [-0.1, -0.05) is 13.8 Å². The van der Waals surface area contributed by atoms with E-state index in [-0.39, 0.29) is 17.4 Å². The number of rotatable bonds is 5. The lowest BCUT2D eigenvalue weighted by molar-refractivity contribution is -0.137. The minimum absolute atomic E-state index is 0.0965. The van der Waals surface area contributed by atoms with E-state index in [1.165, 1.54) is 6.07 Å². The summed E-state index contributed by atoms with van der Waals surface area (Å²) < 4.78 is 26.8. The lowest BCUT2D eigenvalue weighted by Crippen LogP contribution is -2.45. The second-order valence-electron chi connectivity index (χ2n) is 6.96. The summed E-state index contributed by atoms with van der Waals surface area (Å²) >= 11 is 0. The van der Waals surface area contributed by atoms with Crippen LogP contribution in [0, 0.1) is 23.5 Å². The summed E-state index contributed by atoms with van der Waals surface area (Å²) in [6.07, 6.45) is 1.14. The van der Waals surface area contributed by atoms with Gasteiger partial charge in [-0.05, 0) is 37.8 Å². The Bertz CT molecular complexity index is 626. The molecule has 1 aromatic rings. The number of hydrogen-bond acceptors (Lipinski definition) is 2. The number of hydrogen-bond donors (Lipinski definition) is 0. The van der Waals surface area contributed by atoms with Gasteiger partial charge in [0.25, 0.3) is 5.91 Å². The molecule has 0 aliphatic carbocycles. The van der Waals surface area contributed by atoms with Gasteiger partial charge in [-0.25, -0.2) is 8.78 Å². The molecule has 1 aromatic carbocycles. The molecule has 1 saturated heterocycles. The van der Waals surface area contributed by atoms with Crippen molar-refractivity contribution in [3.63, 3.8) is 0 Å². The monoisotopic (exact) mass is 352 g/mol. The number of piperidine rings is 1. The summed E-state index contributed by atoms with van der Waals surface area (Å²) in [6, 6.07) is 2.97. The Hall–Kier alpha value is -1.98. The number of halogens is 2. The van der Waals surface area contributed by atoms with E-state index >= 15 is 0 Å². The van der Waals surface area contributed by atoms with Crippen LogP contribution >= 0.6 is 0 Å². The molecule has 0 unspecified atom stereocenters. The van der Waals surface area contributed by atoms with Crippen LogP contribution in [0.4, 0.5) is 8.78 Å². The van der Waals surface area contributed by atoms with E-state index in [1.54, 1.807) is 4.90 Å². The SMILES string of the molecule is CCN(CC(C)C)C(=O)C1CCN(C(=O)c2ccc(F)cc2F)CC1. The minimum Gasteiger partial charge on any atom is -0.342 e. The Balaban J connectivity index is 1.96. The van der Waals surface area contributed by atoms with Crippen molar-refractivity contribution < 1.29 is 18.4 Å². The van der Waals surface area contributed by atoms with Crippen molar-refractivity contribution in [3.05, 3.63) is 35.4 Å². The molecule has 0 atom stereocenters. The van der Waals surface area contributed by atoms with Gasteiger partial charge in [-0.15, -0.1) is 0 Å². The van der Waals surface area contributed by atoms with E-state index in [0.717, 1.165) is 12.6 Å². The molecule has 25 heavy (non-hydrogen) atoms. The van der Waals surface area contributed by atoms with Gasteiger partial charge in [0, 0.05) is 38.2 Å².